The topological polar surface area (TPSA) is 92.5 Å². The summed E-state index contributed by atoms with van der Waals surface area (Å²) in [4.78, 5) is 0. The van der Waals surface area contributed by atoms with E-state index in [4.69, 9.17) is 16.6 Å². The molecule has 4 nitrogen and oxygen atoms in total. The fraction of sp³-hybridized carbons (Fsp3) is 1.00. The van der Waals surface area contributed by atoms with Gasteiger partial charge in [0.1, 0.15) is 0 Å². The first-order valence-corrected chi connectivity index (χ1v) is 3.42. The zero-order valence-electron chi connectivity index (χ0n) is 6.08. The third-order valence-electron chi connectivity index (χ3n) is 1.51. The minimum atomic E-state index is -1.05. The van der Waals surface area contributed by atoms with Crippen LogP contribution in [0.2, 0.25) is 0 Å². The second-order valence-electron chi connectivity index (χ2n) is 2.46. The van der Waals surface area contributed by atoms with Gasteiger partial charge in [-0.05, 0) is 25.9 Å². The number of rotatable bonds is 5. The van der Waals surface area contributed by atoms with Crippen LogP contribution >= 0.6 is 0 Å². The Bertz CT molecular complexity index is 81.8. The molecular weight excluding hydrogens is 132 g/mol. The summed E-state index contributed by atoms with van der Waals surface area (Å²) < 4.78 is 0. The summed E-state index contributed by atoms with van der Waals surface area (Å²) >= 11 is 0. The van der Waals surface area contributed by atoms with Crippen LogP contribution in [-0.2, 0) is 0 Å². The van der Waals surface area contributed by atoms with Crippen molar-refractivity contribution in [1.82, 2.24) is 0 Å². The van der Waals surface area contributed by atoms with Gasteiger partial charge in [0.15, 0.2) is 0 Å². The third-order valence-corrected chi connectivity index (χ3v) is 1.51. The summed E-state index contributed by atoms with van der Waals surface area (Å²) in [5.74, 6) is 0. The van der Waals surface area contributed by atoms with Crippen LogP contribution in [0, 0.1) is 0 Å². The van der Waals surface area contributed by atoms with Crippen LogP contribution in [0.4, 0.5) is 0 Å². The molecule has 0 saturated carbocycles. The van der Waals surface area contributed by atoms with Crippen LogP contribution in [0.15, 0.2) is 0 Å². The van der Waals surface area contributed by atoms with Crippen molar-refractivity contribution in [2.24, 2.45) is 11.5 Å². The van der Waals surface area contributed by atoms with Crippen LogP contribution in [0.1, 0.15) is 12.8 Å². The van der Waals surface area contributed by atoms with Crippen LogP contribution in [0.3, 0.4) is 0 Å². The Kier molecular flexibility index (Phi) is 4.55. The van der Waals surface area contributed by atoms with E-state index in [0.29, 0.717) is 25.9 Å². The normalized spacial score (nSPS) is 12.0. The molecule has 6 N–H and O–H groups in total. The molecule has 0 atom stereocenters. The van der Waals surface area contributed by atoms with Gasteiger partial charge in [-0.15, -0.1) is 0 Å². The highest BCUT2D eigenvalue weighted by Crippen LogP contribution is 2.11. The second kappa shape index (κ2) is 4.62. The lowest BCUT2D eigenvalue weighted by Gasteiger charge is -2.23. The van der Waals surface area contributed by atoms with E-state index in [2.05, 4.69) is 0 Å². The average molecular weight is 148 g/mol. The van der Waals surface area contributed by atoms with E-state index in [0.717, 1.165) is 0 Å². The zero-order valence-corrected chi connectivity index (χ0v) is 6.08. The maximum atomic E-state index is 9.41. The van der Waals surface area contributed by atoms with Crippen molar-refractivity contribution in [3.63, 3.8) is 0 Å². The average Bonchev–Trinajstić information content (AvgIpc) is 1.89. The number of aliphatic hydroxyl groups is 2. The minimum absolute atomic E-state index is 0.263. The molecule has 0 aliphatic rings. The maximum Gasteiger partial charge on any atom is 0.0901 e. The monoisotopic (exact) mass is 148 g/mol. The number of nitrogens with two attached hydrogens (primary N) is 2. The van der Waals surface area contributed by atoms with Gasteiger partial charge in [-0.1, -0.05) is 0 Å². The van der Waals surface area contributed by atoms with Gasteiger partial charge in [0.25, 0.3) is 0 Å². The van der Waals surface area contributed by atoms with Crippen LogP contribution in [0.25, 0.3) is 0 Å². The van der Waals surface area contributed by atoms with Gasteiger partial charge in [0.05, 0.1) is 12.2 Å². The molecule has 0 amide bonds. The first kappa shape index (κ1) is 9.84. The van der Waals surface area contributed by atoms with Gasteiger partial charge in [-0.2, -0.15) is 0 Å². The Morgan fingerprint density at radius 3 is 1.70 bits per heavy atom. The van der Waals surface area contributed by atoms with Gasteiger partial charge in [-0.3, -0.25) is 0 Å². The standard InChI is InChI=1S/C6H16N2O2/c7-3-1-6(10,5-9)2-4-8/h9-10H,1-5,7-8H2. The van der Waals surface area contributed by atoms with Crippen molar-refractivity contribution in [2.45, 2.75) is 18.4 Å². The van der Waals surface area contributed by atoms with Crippen LogP contribution in [0.5, 0.6) is 0 Å². The van der Waals surface area contributed by atoms with Gasteiger partial charge >= 0.3 is 0 Å². The van der Waals surface area contributed by atoms with Crippen LogP contribution in [-0.4, -0.2) is 35.5 Å². The van der Waals surface area contributed by atoms with E-state index >= 15 is 0 Å². The lowest BCUT2D eigenvalue weighted by atomic mass is 9.97. The fourth-order valence-corrected chi connectivity index (χ4v) is 0.820. The summed E-state index contributed by atoms with van der Waals surface area (Å²) in [5, 5.41) is 18.1. The molecule has 0 radical (unpaired) electrons. The zero-order chi connectivity index (χ0) is 8.04. The van der Waals surface area contributed by atoms with Gasteiger partial charge in [0, 0.05) is 0 Å². The van der Waals surface area contributed by atoms with E-state index in [9.17, 15) is 5.11 Å². The van der Waals surface area contributed by atoms with E-state index < -0.39 is 5.60 Å². The molecule has 0 aliphatic carbocycles. The number of hydrogen-bond donors (Lipinski definition) is 4. The van der Waals surface area contributed by atoms with Crippen molar-refractivity contribution in [3.05, 3.63) is 0 Å². The van der Waals surface area contributed by atoms with Crippen molar-refractivity contribution in [2.75, 3.05) is 19.7 Å². The molecule has 0 bridgehead atoms. The summed E-state index contributed by atoms with van der Waals surface area (Å²) in [7, 11) is 0. The molecule has 0 aromatic carbocycles. The van der Waals surface area contributed by atoms with E-state index in [1.54, 1.807) is 0 Å². The molecule has 0 aliphatic heterocycles. The molecular formula is C6H16N2O2. The van der Waals surface area contributed by atoms with Gasteiger partial charge in [-0.25, -0.2) is 0 Å². The summed E-state index contributed by atoms with van der Waals surface area (Å²) in [6, 6.07) is 0. The van der Waals surface area contributed by atoms with E-state index in [1.807, 2.05) is 0 Å². The molecule has 0 heterocycles. The first-order valence-electron chi connectivity index (χ1n) is 3.42. The Morgan fingerprint density at radius 1 is 1.10 bits per heavy atom. The summed E-state index contributed by atoms with van der Waals surface area (Å²) in [6.45, 7) is 0.482. The molecule has 0 unspecified atom stereocenters. The van der Waals surface area contributed by atoms with Gasteiger partial charge < -0.3 is 21.7 Å². The molecule has 0 aromatic heterocycles. The highest BCUT2D eigenvalue weighted by molar-refractivity contribution is 4.77. The Hall–Kier alpha value is -0.160. The van der Waals surface area contributed by atoms with Crippen LogP contribution < -0.4 is 11.5 Å². The smallest absolute Gasteiger partial charge is 0.0901 e. The summed E-state index contributed by atoms with van der Waals surface area (Å²) in [6.07, 6.45) is 0.807. The Labute approximate surface area is 60.8 Å². The molecule has 0 saturated heterocycles. The quantitative estimate of drug-likeness (QED) is 0.378. The van der Waals surface area contributed by atoms with Crippen molar-refractivity contribution in [3.8, 4) is 0 Å². The highest BCUT2D eigenvalue weighted by Gasteiger charge is 2.23. The molecule has 0 aromatic rings. The maximum absolute atomic E-state index is 9.41. The predicted molar refractivity (Wildman–Crippen MR) is 39.4 cm³/mol. The molecule has 0 fully saturated rings. The molecule has 0 spiro atoms. The number of hydrogen-bond acceptors (Lipinski definition) is 4. The van der Waals surface area contributed by atoms with E-state index in [-0.39, 0.29) is 6.61 Å². The molecule has 62 valence electrons. The molecule has 4 heteroatoms. The molecule has 0 rings (SSSR count). The minimum Gasteiger partial charge on any atom is -0.393 e. The summed E-state index contributed by atoms with van der Waals surface area (Å²) in [5.41, 5.74) is 9.37. The van der Waals surface area contributed by atoms with Crippen molar-refractivity contribution >= 4 is 0 Å². The Morgan fingerprint density at radius 2 is 1.50 bits per heavy atom. The highest BCUT2D eigenvalue weighted by atomic mass is 16.3. The first-order chi connectivity index (χ1) is 4.68. The predicted octanol–water partition coefficient (Wildman–Crippen LogP) is -1.59. The molecule has 10 heavy (non-hydrogen) atoms. The lowest BCUT2D eigenvalue weighted by Crippen LogP contribution is -2.37. The fourth-order valence-electron chi connectivity index (χ4n) is 0.820. The number of aliphatic hydroxyl groups excluding tert-OH is 1. The third kappa shape index (κ3) is 3.12. The Balaban J connectivity index is 3.69. The van der Waals surface area contributed by atoms with Gasteiger partial charge in [0.2, 0.25) is 0 Å². The van der Waals surface area contributed by atoms with E-state index in [1.165, 1.54) is 0 Å². The second-order valence-corrected chi connectivity index (χ2v) is 2.46. The SMILES string of the molecule is NCCC(O)(CO)CCN. The van der Waals surface area contributed by atoms with Crippen molar-refractivity contribution < 1.29 is 10.2 Å². The largest absolute Gasteiger partial charge is 0.393 e. The van der Waals surface area contributed by atoms with Crippen molar-refractivity contribution in [1.29, 1.82) is 0 Å². The lowest BCUT2D eigenvalue weighted by molar-refractivity contribution is -0.0239.